The van der Waals surface area contributed by atoms with Gasteiger partial charge in [0.15, 0.2) is 6.61 Å². The number of carbonyl (C=O) groups excluding carboxylic acids is 1. The molecule has 1 amide bonds. The fraction of sp³-hybridized carbons (Fsp3) is 0.308. The summed E-state index contributed by atoms with van der Waals surface area (Å²) >= 11 is 0. The van der Waals surface area contributed by atoms with Gasteiger partial charge >= 0.3 is 0 Å². The van der Waals surface area contributed by atoms with Crippen molar-refractivity contribution >= 4 is 5.91 Å². The monoisotopic (exact) mass is 260 g/mol. The summed E-state index contributed by atoms with van der Waals surface area (Å²) in [6.45, 7) is 2.34. The number of H-pyrrole nitrogens is 1. The number of nitrogens with one attached hydrogen (secondary N) is 1. The van der Waals surface area contributed by atoms with Gasteiger partial charge in [-0.1, -0.05) is 18.2 Å². The molecule has 0 atom stereocenters. The van der Waals surface area contributed by atoms with E-state index in [1.54, 1.807) is 11.9 Å². The SMILES string of the molecule is Cc1ccccc1OCC(=O)N(C)Cc1ncn[nH]1. The number of benzene rings is 1. The van der Waals surface area contributed by atoms with Crippen LogP contribution in [0.1, 0.15) is 11.4 Å². The molecule has 2 aromatic rings. The van der Waals surface area contributed by atoms with Crippen molar-refractivity contribution in [2.45, 2.75) is 13.5 Å². The Morgan fingerprint density at radius 2 is 2.21 bits per heavy atom. The zero-order valence-electron chi connectivity index (χ0n) is 11.0. The van der Waals surface area contributed by atoms with Crippen molar-refractivity contribution < 1.29 is 9.53 Å². The number of aromatic amines is 1. The van der Waals surface area contributed by atoms with Crippen LogP contribution in [0.5, 0.6) is 5.75 Å². The maximum absolute atomic E-state index is 11.9. The van der Waals surface area contributed by atoms with Crippen LogP contribution < -0.4 is 4.74 Å². The average Bonchev–Trinajstić information content (AvgIpc) is 2.90. The van der Waals surface area contributed by atoms with Gasteiger partial charge in [0.1, 0.15) is 17.9 Å². The molecule has 100 valence electrons. The zero-order valence-corrected chi connectivity index (χ0v) is 11.0. The summed E-state index contributed by atoms with van der Waals surface area (Å²) in [5, 5.41) is 6.44. The molecule has 1 aromatic carbocycles. The van der Waals surface area contributed by atoms with E-state index in [1.165, 1.54) is 6.33 Å². The molecule has 0 saturated carbocycles. The quantitative estimate of drug-likeness (QED) is 0.875. The first kappa shape index (κ1) is 13.1. The van der Waals surface area contributed by atoms with Gasteiger partial charge in [-0.25, -0.2) is 4.98 Å². The van der Waals surface area contributed by atoms with Gasteiger partial charge in [-0.3, -0.25) is 9.89 Å². The molecule has 19 heavy (non-hydrogen) atoms. The number of likely N-dealkylation sites (N-methyl/N-ethyl adjacent to an activating group) is 1. The minimum Gasteiger partial charge on any atom is -0.484 e. The summed E-state index contributed by atoms with van der Waals surface area (Å²) in [6, 6.07) is 7.60. The van der Waals surface area contributed by atoms with Crippen molar-refractivity contribution in [3.8, 4) is 5.75 Å². The van der Waals surface area contributed by atoms with Gasteiger partial charge in [0.2, 0.25) is 0 Å². The predicted molar refractivity (Wildman–Crippen MR) is 69.5 cm³/mol. The smallest absolute Gasteiger partial charge is 0.260 e. The standard InChI is InChI=1S/C13H16N4O2/c1-10-5-3-4-6-11(10)19-8-13(18)17(2)7-12-14-9-15-16-12/h3-6,9H,7-8H2,1-2H3,(H,14,15,16). The lowest BCUT2D eigenvalue weighted by Gasteiger charge is -2.16. The molecule has 0 unspecified atom stereocenters. The van der Waals surface area contributed by atoms with Gasteiger partial charge in [-0.05, 0) is 18.6 Å². The van der Waals surface area contributed by atoms with E-state index >= 15 is 0 Å². The number of rotatable bonds is 5. The molecule has 0 spiro atoms. The predicted octanol–water partition coefficient (Wildman–Crippen LogP) is 1.15. The largest absolute Gasteiger partial charge is 0.484 e. The molecule has 1 aromatic heterocycles. The number of aromatic nitrogens is 3. The summed E-state index contributed by atoms with van der Waals surface area (Å²) in [5.41, 5.74) is 1.01. The number of carbonyl (C=O) groups is 1. The molecule has 0 radical (unpaired) electrons. The number of hydrogen-bond acceptors (Lipinski definition) is 4. The van der Waals surface area contributed by atoms with Gasteiger partial charge in [-0.15, -0.1) is 0 Å². The van der Waals surface area contributed by atoms with Crippen LogP contribution in [0.3, 0.4) is 0 Å². The van der Waals surface area contributed by atoms with Crippen molar-refractivity contribution in [2.24, 2.45) is 0 Å². The third-order valence-electron chi connectivity index (χ3n) is 2.72. The number of amides is 1. The van der Waals surface area contributed by atoms with Gasteiger partial charge in [0, 0.05) is 7.05 Å². The Hall–Kier alpha value is -2.37. The third kappa shape index (κ3) is 3.54. The molecule has 0 aliphatic carbocycles. The summed E-state index contributed by atoms with van der Waals surface area (Å²) < 4.78 is 5.50. The fourth-order valence-electron chi connectivity index (χ4n) is 1.59. The Balaban J connectivity index is 1.86. The topological polar surface area (TPSA) is 71.1 Å². The van der Waals surface area contributed by atoms with Crippen LogP contribution in [0.25, 0.3) is 0 Å². The number of ether oxygens (including phenoxy) is 1. The van der Waals surface area contributed by atoms with Crippen molar-refractivity contribution in [3.05, 3.63) is 42.0 Å². The average molecular weight is 260 g/mol. The molecule has 6 nitrogen and oxygen atoms in total. The van der Waals surface area contributed by atoms with Gasteiger partial charge in [0.25, 0.3) is 5.91 Å². The summed E-state index contributed by atoms with van der Waals surface area (Å²) in [5.74, 6) is 1.26. The lowest BCUT2D eigenvalue weighted by atomic mass is 10.2. The van der Waals surface area contributed by atoms with Crippen molar-refractivity contribution in [3.63, 3.8) is 0 Å². The fourth-order valence-corrected chi connectivity index (χ4v) is 1.59. The van der Waals surface area contributed by atoms with Crippen LogP contribution in [0, 0.1) is 6.92 Å². The summed E-state index contributed by atoms with van der Waals surface area (Å²) in [4.78, 5) is 17.4. The molecule has 1 heterocycles. The van der Waals surface area contributed by atoms with Crippen LogP contribution in [0.4, 0.5) is 0 Å². The molecule has 0 aliphatic rings. The molecule has 0 saturated heterocycles. The van der Waals surface area contributed by atoms with Crippen LogP contribution >= 0.6 is 0 Å². The maximum atomic E-state index is 11.9. The highest BCUT2D eigenvalue weighted by Gasteiger charge is 2.11. The Morgan fingerprint density at radius 1 is 1.42 bits per heavy atom. The zero-order chi connectivity index (χ0) is 13.7. The van der Waals surface area contributed by atoms with Crippen LogP contribution in [-0.4, -0.2) is 39.6 Å². The molecule has 6 heteroatoms. The van der Waals surface area contributed by atoms with Crippen LogP contribution in [0.15, 0.2) is 30.6 Å². The Bertz CT molecular complexity index is 539. The molecular weight excluding hydrogens is 244 g/mol. The Morgan fingerprint density at radius 3 is 2.89 bits per heavy atom. The van der Waals surface area contributed by atoms with E-state index in [0.29, 0.717) is 12.4 Å². The van der Waals surface area contributed by atoms with E-state index < -0.39 is 0 Å². The lowest BCUT2D eigenvalue weighted by molar-refractivity contribution is -0.132. The molecular formula is C13H16N4O2. The number of hydrogen-bond donors (Lipinski definition) is 1. The second kappa shape index (κ2) is 5.99. The Labute approximate surface area is 111 Å². The van der Waals surface area contributed by atoms with Crippen molar-refractivity contribution in [1.82, 2.24) is 20.1 Å². The molecule has 1 N–H and O–H groups in total. The lowest BCUT2D eigenvalue weighted by Crippen LogP contribution is -2.31. The second-order valence-electron chi connectivity index (χ2n) is 4.24. The van der Waals surface area contributed by atoms with E-state index in [-0.39, 0.29) is 12.5 Å². The highest BCUT2D eigenvalue weighted by atomic mass is 16.5. The van der Waals surface area contributed by atoms with Gasteiger partial charge in [0.05, 0.1) is 6.54 Å². The van der Waals surface area contributed by atoms with E-state index in [9.17, 15) is 4.79 Å². The molecule has 0 bridgehead atoms. The number of aryl methyl sites for hydroxylation is 1. The first-order valence-corrected chi connectivity index (χ1v) is 5.93. The minimum absolute atomic E-state index is 0.00942. The van der Waals surface area contributed by atoms with Crippen molar-refractivity contribution in [2.75, 3.05) is 13.7 Å². The Kier molecular flexibility index (Phi) is 4.12. The van der Waals surface area contributed by atoms with Crippen LogP contribution in [0.2, 0.25) is 0 Å². The third-order valence-corrected chi connectivity index (χ3v) is 2.72. The minimum atomic E-state index is -0.111. The van der Waals surface area contributed by atoms with E-state index in [4.69, 9.17) is 4.74 Å². The molecule has 0 fully saturated rings. The first-order chi connectivity index (χ1) is 9.16. The second-order valence-corrected chi connectivity index (χ2v) is 4.24. The highest BCUT2D eigenvalue weighted by molar-refractivity contribution is 5.77. The van der Waals surface area contributed by atoms with Gasteiger partial charge in [-0.2, -0.15) is 5.10 Å². The van der Waals surface area contributed by atoms with E-state index in [0.717, 1.165) is 11.3 Å². The van der Waals surface area contributed by atoms with Crippen molar-refractivity contribution in [1.29, 1.82) is 0 Å². The highest BCUT2D eigenvalue weighted by Crippen LogP contribution is 2.16. The first-order valence-electron chi connectivity index (χ1n) is 5.93. The van der Waals surface area contributed by atoms with E-state index in [1.807, 2.05) is 31.2 Å². The van der Waals surface area contributed by atoms with Crippen LogP contribution in [-0.2, 0) is 11.3 Å². The van der Waals surface area contributed by atoms with Gasteiger partial charge < -0.3 is 9.64 Å². The maximum Gasteiger partial charge on any atom is 0.260 e. The van der Waals surface area contributed by atoms with E-state index in [2.05, 4.69) is 15.2 Å². The normalized spacial score (nSPS) is 10.2. The number of nitrogens with zero attached hydrogens (tertiary/aromatic N) is 3. The summed E-state index contributed by atoms with van der Waals surface area (Å²) in [7, 11) is 1.70. The number of para-hydroxylation sites is 1. The summed E-state index contributed by atoms with van der Waals surface area (Å²) in [6.07, 6.45) is 1.41. The molecule has 0 aliphatic heterocycles. The molecule has 2 rings (SSSR count).